The third kappa shape index (κ3) is 1.94. The van der Waals surface area contributed by atoms with Crippen LogP contribution in [0.5, 0.6) is 5.75 Å². The Hall–Kier alpha value is -1.97. The van der Waals surface area contributed by atoms with Crippen LogP contribution < -0.4 is 10.4 Å². The summed E-state index contributed by atoms with van der Waals surface area (Å²) in [7, 11) is 1.69. The second-order valence-corrected chi connectivity index (χ2v) is 4.77. The highest BCUT2D eigenvalue weighted by Gasteiger charge is 2.23. The van der Waals surface area contributed by atoms with Gasteiger partial charge in [-0.2, -0.15) is 0 Å². The lowest BCUT2D eigenvalue weighted by molar-refractivity contribution is 0.414. The number of aryl methyl sites for hydroxylation is 1. The van der Waals surface area contributed by atoms with Crippen molar-refractivity contribution in [1.29, 1.82) is 0 Å². The molecule has 0 fully saturated rings. The van der Waals surface area contributed by atoms with E-state index in [2.05, 4.69) is 22.1 Å². The molecule has 1 atom stereocenters. The van der Waals surface area contributed by atoms with Gasteiger partial charge in [0.05, 0.1) is 7.11 Å². The number of nitrogens with one attached hydrogen (secondary N) is 2. The van der Waals surface area contributed by atoms with Crippen molar-refractivity contribution >= 4 is 0 Å². The third-order valence-electron chi connectivity index (χ3n) is 3.67. The van der Waals surface area contributed by atoms with Gasteiger partial charge < -0.3 is 14.7 Å². The van der Waals surface area contributed by atoms with Crippen LogP contribution in [0.4, 0.5) is 0 Å². The number of ether oxygens (including phenoxy) is 1. The van der Waals surface area contributed by atoms with Gasteiger partial charge in [0.1, 0.15) is 5.75 Å². The maximum atomic E-state index is 11.1. The molecule has 0 aliphatic heterocycles. The second-order valence-electron chi connectivity index (χ2n) is 4.77. The lowest BCUT2D eigenvalue weighted by Crippen LogP contribution is -2.04. The highest BCUT2D eigenvalue weighted by atomic mass is 16.5. The van der Waals surface area contributed by atoms with Crippen molar-refractivity contribution in [3.8, 4) is 5.75 Å². The molecule has 1 aliphatic carbocycles. The lowest BCUT2D eigenvalue weighted by Gasteiger charge is -2.11. The zero-order valence-electron chi connectivity index (χ0n) is 10.3. The molecule has 0 spiro atoms. The van der Waals surface area contributed by atoms with E-state index in [4.69, 9.17) is 4.74 Å². The number of aromatic nitrogens is 2. The van der Waals surface area contributed by atoms with Crippen molar-refractivity contribution in [2.75, 3.05) is 7.11 Å². The first-order chi connectivity index (χ1) is 8.76. The quantitative estimate of drug-likeness (QED) is 0.867. The van der Waals surface area contributed by atoms with E-state index in [1.54, 1.807) is 13.3 Å². The van der Waals surface area contributed by atoms with Gasteiger partial charge in [0, 0.05) is 11.9 Å². The van der Waals surface area contributed by atoms with E-state index in [-0.39, 0.29) is 5.69 Å². The number of rotatable bonds is 3. The monoisotopic (exact) mass is 244 g/mol. The van der Waals surface area contributed by atoms with Crippen LogP contribution in [0.3, 0.4) is 0 Å². The SMILES string of the molecule is COc1ccc2c(c1)C(Cc1c[nH]c(=O)[nH]1)CC2. The number of hydrogen-bond acceptors (Lipinski definition) is 2. The van der Waals surface area contributed by atoms with Crippen molar-refractivity contribution in [2.24, 2.45) is 0 Å². The average molecular weight is 244 g/mol. The molecule has 2 aromatic rings. The molecular weight excluding hydrogens is 228 g/mol. The van der Waals surface area contributed by atoms with Crippen molar-refractivity contribution in [3.63, 3.8) is 0 Å². The molecule has 0 amide bonds. The van der Waals surface area contributed by atoms with Crippen LogP contribution in [0, 0.1) is 0 Å². The topological polar surface area (TPSA) is 57.9 Å². The summed E-state index contributed by atoms with van der Waals surface area (Å²) in [6.07, 6.45) is 4.88. The molecule has 1 heterocycles. The molecule has 18 heavy (non-hydrogen) atoms. The van der Waals surface area contributed by atoms with Gasteiger partial charge in [-0.1, -0.05) is 6.07 Å². The summed E-state index contributed by atoms with van der Waals surface area (Å²) in [6, 6.07) is 6.28. The molecular formula is C14H16N2O2. The molecule has 1 aliphatic rings. The third-order valence-corrected chi connectivity index (χ3v) is 3.67. The van der Waals surface area contributed by atoms with Crippen molar-refractivity contribution in [1.82, 2.24) is 9.97 Å². The smallest absolute Gasteiger partial charge is 0.323 e. The summed E-state index contributed by atoms with van der Waals surface area (Å²) in [4.78, 5) is 16.6. The summed E-state index contributed by atoms with van der Waals surface area (Å²) < 4.78 is 5.28. The number of fused-ring (bicyclic) bond motifs is 1. The molecule has 0 radical (unpaired) electrons. The van der Waals surface area contributed by atoms with E-state index in [0.29, 0.717) is 5.92 Å². The normalized spacial score (nSPS) is 17.7. The fourth-order valence-corrected chi connectivity index (χ4v) is 2.75. The molecule has 94 valence electrons. The van der Waals surface area contributed by atoms with E-state index in [0.717, 1.165) is 30.7 Å². The molecule has 4 nitrogen and oxygen atoms in total. The summed E-state index contributed by atoms with van der Waals surface area (Å²) in [5.74, 6) is 1.38. The lowest BCUT2D eigenvalue weighted by atomic mass is 9.96. The second kappa shape index (κ2) is 4.37. The molecule has 1 aromatic carbocycles. The van der Waals surface area contributed by atoms with E-state index in [1.165, 1.54) is 11.1 Å². The number of H-pyrrole nitrogens is 2. The molecule has 0 saturated carbocycles. The number of aromatic amines is 2. The minimum Gasteiger partial charge on any atom is -0.497 e. The van der Waals surface area contributed by atoms with Gasteiger partial charge in [-0.05, 0) is 48.4 Å². The van der Waals surface area contributed by atoms with Crippen LogP contribution in [0.15, 0.2) is 29.2 Å². The van der Waals surface area contributed by atoms with Crippen LogP contribution >= 0.6 is 0 Å². The van der Waals surface area contributed by atoms with Crippen LogP contribution in [0.2, 0.25) is 0 Å². The summed E-state index contributed by atoms with van der Waals surface area (Å²) in [5, 5.41) is 0. The van der Waals surface area contributed by atoms with Gasteiger partial charge in [0.15, 0.2) is 0 Å². The highest BCUT2D eigenvalue weighted by molar-refractivity contribution is 5.41. The largest absolute Gasteiger partial charge is 0.497 e. The molecule has 1 aromatic heterocycles. The van der Waals surface area contributed by atoms with Gasteiger partial charge >= 0.3 is 5.69 Å². The Morgan fingerprint density at radius 3 is 3.06 bits per heavy atom. The van der Waals surface area contributed by atoms with Crippen molar-refractivity contribution in [3.05, 3.63) is 51.7 Å². The van der Waals surface area contributed by atoms with Crippen molar-refractivity contribution < 1.29 is 4.74 Å². The van der Waals surface area contributed by atoms with Crippen LogP contribution in [0.1, 0.15) is 29.2 Å². The van der Waals surface area contributed by atoms with Gasteiger partial charge in [-0.15, -0.1) is 0 Å². The van der Waals surface area contributed by atoms with Gasteiger partial charge in [-0.25, -0.2) is 4.79 Å². The number of hydrogen-bond donors (Lipinski definition) is 2. The van der Waals surface area contributed by atoms with Crippen LogP contribution in [-0.4, -0.2) is 17.1 Å². The Bertz CT molecular complexity index is 612. The Morgan fingerprint density at radius 1 is 1.44 bits per heavy atom. The maximum absolute atomic E-state index is 11.1. The van der Waals surface area contributed by atoms with Crippen molar-refractivity contribution in [2.45, 2.75) is 25.2 Å². The summed E-state index contributed by atoms with van der Waals surface area (Å²) in [6.45, 7) is 0. The minimum absolute atomic E-state index is 0.131. The minimum atomic E-state index is -0.131. The molecule has 0 saturated heterocycles. The molecule has 0 bridgehead atoms. The number of methoxy groups -OCH3 is 1. The Morgan fingerprint density at radius 2 is 2.33 bits per heavy atom. The van der Waals surface area contributed by atoms with Gasteiger partial charge in [0.2, 0.25) is 0 Å². The van der Waals surface area contributed by atoms with Crippen LogP contribution in [-0.2, 0) is 12.8 Å². The molecule has 2 N–H and O–H groups in total. The fraction of sp³-hybridized carbons (Fsp3) is 0.357. The predicted molar refractivity (Wildman–Crippen MR) is 69.2 cm³/mol. The standard InChI is InChI=1S/C14H16N2O2/c1-18-12-5-4-9-2-3-10(13(9)7-12)6-11-8-15-14(17)16-11/h4-5,7-8,10H,2-3,6H2,1H3,(H2,15,16,17). The van der Waals surface area contributed by atoms with Gasteiger partial charge in [-0.3, -0.25) is 0 Å². The summed E-state index contributed by atoms with van der Waals surface area (Å²) >= 11 is 0. The fourth-order valence-electron chi connectivity index (χ4n) is 2.75. The number of imidazole rings is 1. The molecule has 4 heteroatoms. The maximum Gasteiger partial charge on any atom is 0.323 e. The zero-order valence-corrected chi connectivity index (χ0v) is 10.3. The van der Waals surface area contributed by atoms with Gasteiger partial charge in [0.25, 0.3) is 0 Å². The number of benzene rings is 1. The highest BCUT2D eigenvalue weighted by Crippen LogP contribution is 2.37. The molecule has 1 unspecified atom stereocenters. The van der Waals surface area contributed by atoms with E-state index in [9.17, 15) is 4.79 Å². The van der Waals surface area contributed by atoms with Crippen LogP contribution in [0.25, 0.3) is 0 Å². The Kier molecular flexibility index (Phi) is 2.70. The predicted octanol–water partition coefficient (Wildman–Crippen LogP) is 1.98. The van der Waals surface area contributed by atoms with E-state index in [1.807, 2.05) is 6.07 Å². The van der Waals surface area contributed by atoms with E-state index < -0.39 is 0 Å². The Labute approximate surface area is 105 Å². The first-order valence-corrected chi connectivity index (χ1v) is 6.19. The average Bonchev–Trinajstić information content (AvgIpc) is 2.96. The van der Waals surface area contributed by atoms with E-state index >= 15 is 0 Å². The zero-order chi connectivity index (χ0) is 12.5. The first-order valence-electron chi connectivity index (χ1n) is 6.19. The first kappa shape index (κ1) is 11.1. The summed E-state index contributed by atoms with van der Waals surface area (Å²) in [5.41, 5.74) is 3.60. The Balaban J connectivity index is 1.87. The molecule has 3 rings (SSSR count).